The summed E-state index contributed by atoms with van der Waals surface area (Å²) in [4.78, 5) is 21.0. The summed E-state index contributed by atoms with van der Waals surface area (Å²) in [5.74, 6) is -0.557. The summed E-state index contributed by atoms with van der Waals surface area (Å²) in [7, 11) is 0. The van der Waals surface area contributed by atoms with Gasteiger partial charge in [0.15, 0.2) is 0 Å². The standard InChI is InChI=1S/C20H18FN5O/c1-12(13-6-3-2-4-7-13)10-23-19(27)16-11-26-18(24-16)14-8-5-9-15(21)17(14)25-20(26)22/h2-9,11-12H,10H2,1H3,(H2,22,25)(H,23,27)/t12-/m0/s1. The lowest BCUT2D eigenvalue weighted by molar-refractivity contribution is 0.0947. The van der Waals surface area contributed by atoms with Crippen LogP contribution in [0.2, 0.25) is 0 Å². The predicted molar refractivity (Wildman–Crippen MR) is 102 cm³/mol. The fourth-order valence-corrected chi connectivity index (χ4v) is 3.07. The molecular weight excluding hydrogens is 345 g/mol. The summed E-state index contributed by atoms with van der Waals surface area (Å²) >= 11 is 0. The van der Waals surface area contributed by atoms with Crippen molar-refractivity contribution in [3.8, 4) is 0 Å². The van der Waals surface area contributed by atoms with E-state index in [9.17, 15) is 9.18 Å². The van der Waals surface area contributed by atoms with Gasteiger partial charge in [-0.25, -0.2) is 14.4 Å². The Bertz CT molecular complexity index is 1140. The van der Waals surface area contributed by atoms with Gasteiger partial charge in [-0.2, -0.15) is 0 Å². The van der Waals surface area contributed by atoms with E-state index < -0.39 is 5.82 Å². The molecule has 2 aromatic heterocycles. The number of rotatable bonds is 4. The van der Waals surface area contributed by atoms with Crippen LogP contribution in [0.4, 0.5) is 10.3 Å². The van der Waals surface area contributed by atoms with E-state index in [-0.39, 0.29) is 29.0 Å². The molecule has 1 atom stereocenters. The summed E-state index contributed by atoms with van der Waals surface area (Å²) in [6, 6.07) is 14.5. The van der Waals surface area contributed by atoms with Gasteiger partial charge in [0.2, 0.25) is 5.95 Å². The van der Waals surface area contributed by atoms with Crippen molar-refractivity contribution in [1.82, 2.24) is 19.7 Å². The number of nitrogens with two attached hydrogens (primary N) is 1. The van der Waals surface area contributed by atoms with Crippen molar-refractivity contribution in [2.45, 2.75) is 12.8 Å². The van der Waals surface area contributed by atoms with Crippen LogP contribution in [0.3, 0.4) is 0 Å². The van der Waals surface area contributed by atoms with Gasteiger partial charge in [-0.15, -0.1) is 0 Å². The van der Waals surface area contributed by atoms with Crippen LogP contribution in [0, 0.1) is 5.82 Å². The average molecular weight is 363 g/mol. The molecule has 0 aliphatic carbocycles. The smallest absolute Gasteiger partial charge is 0.271 e. The number of amides is 1. The van der Waals surface area contributed by atoms with Crippen molar-refractivity contribution in [1.29, 1.82) is 0 Å². The third-order valence-corrected chi connectivity index (χ3v) is 4.58. The molecule has 2 aromatic carbocycles. The molecule has 4 aromatic rings. The first kappa shape index (κ1) is 17.0. The van der Waals surface area contributed by atoms with E-state index in [1.807, 2.05) is 37.3 Å². The highest BCUT2D eigenvalue weighted by molar-refractivity contribution is 5.97. The van der Waals surface area contributed by atoms with E-state index in [4.69, 9.17) is 5.73 Å². The number of para-hydroxylation sites is 1. The van der Waals surface area contributed by atoms with Gasteiger partial charge >= 0.3 is 0 Å². The van der Waals surface area contributed by atoms with Crippen molar-refractivity contribution >= 4 is 28.4 Å². The maximum absolute atomic E-state index is 14.0. The fourth-order valence-electron chi connectivity index (χ4n) is 3.07. The van der Waals surface area contributed by atoms with Gasteiger partial charge in [0.25, 0.3) is 5.91 Å². The molecule has 0 radical (unpaired) electrons. The number of nitrogens with one attached hydrogen (secondary N) is 1. The third kappa shape index (κ3) is 3.08. The maximum Gasteiger partial charge on any atom is 0.271 e. The zero-order valence-corrected chi connectivity index (χ0v) is 14.7. The second-order valence-corrected chi connectivity index (χ2v) is 6.45. The molecule has 0 aliphatic rings. The maximum atomic E-state index is 14.0. The highest BCUT2D eigenvalue weighted by atomic mass is 19.1. The Hall–Kier alpha value is -3.48. The van der Waals surface area contributed by atoms with Crippen LogP contribution < -0.4 is 11.1 Å². The first-order valence-corrected chi connectivity index (χ1v) is 8.60. The third-order valence-electron chi connectivity index (χ3n) is 4.58. The fraction of sp³-hybridized carbons (Fsp3) is 0.150. The Labute approximate surface area is 154 Å². The van der Waals surface area contributed by atoms with Gasteiger partial charge < -0.3 is 11.1 Å². The van der Waals surface area contributed by atoms with E-state index in [0.717, 1.165) is 5.56 Å². The van der Waals surface area contributed by atoms with E-state index in [1.54, 1.807) is 12.1 Å². The molecule has 4 rings (SSSR count). The molecule has 0 aliphatic heterocycles. The first-order valence-electron chi connectivity index (χ1n) is 8.60. The van der Waals surface area contributed by atoms with E-state index >= 15 is 0 Å². The molecule has 0 unspecified atom stereocenters. The summed E-state index contributed by atoms with van der Waals surface area (Å²) in [5.41, 5.74) is 7.80. The summed E-state index contributed by atoms with van der Waals surface area (Å²) in [5, 5.41) is 3.39. The zero-order chi connectivity index (χ0) is 19.0. The molecular formula is C20H18FN5O. The number of nitrogens with zero attached hydrogens (tertiary/aromatic N) is 3. The van der Waals surface area contributed by atoms with Gasteiger partial charge in [-0.1, -0.05) is 43.3 Å². The van der Waals surface area contributed by atoms with Crippen molar-refractivity contribution in [3.05, 3.63) is 71.8 Å². The number of anilines is 1. The Balaban J connectivity index is 1.62. The Morgan fingerprint density at radius 2 is 1.96 bits per heavy atom. The van der Waals surface area contributed by atoms with Crippen LogP contribution in [0.25, 0.3) is 16.6 Å². The van der Waals surface area contributed by atoms with Crippen LogP contribution in [0.15, 0.2) is 54.7 Å². The topological polar surface area (TPSA) is 85.3 Å². The van der Waals surface area contributed by atoms with Crippen LogP contribution in [-0.2, 0) is 0 Å². The number of fused-ring (bicyclic) bond motifs is 3. The lowest BCUT2D eigenvalue weighted by Gasteiger charge is -2.12. The molecule has 3 N–H and O–H groups in total. The molecule has 0 fully saturated rings. The molecule has 1 amide bonds. The number of hydrogen-bond donors (Lipinski definition) is 2. The SMILES string of the molecule is C[C@@H](CNC(=O)c1cn2c(N)nc3c(F)cccc3c2n1)c1ccccc1. The van der Waals surface area contributed by atoms with E-state index in [0.29, 0.717) is 17.6 Å². The predicted octanol–water partition coefficient (Wildman–Crippen LogP) is 3.14. The average Bonchev–Trinajstić information content (AvgIpc) is 3.14. The van der Waals surface area contributed by atoms with Crippen LogP contribution >= 0.6 is 0 Å². The van der Waals surface area contributed by atoms with Gasteiger partial charge in [0.05, 0.1) is 0 Å². The highest BCUT2D eigenvalue weighted by Crippen LogP contribution is 2.23. The van der Waals surface area contributed by atoms with Crippen LogP contribution in [0.1, 0.15) is 28.9 Å². The van der Waals surface area contributed by atoms with Crippen molar-refractivity contribution in [2.75, 3.05) is 12.3 Å². The summed E-state index contributed by atoms with van der Waals surface area (Å²) < 4.78 is 15.5. The molecule has 136 valence electrons. The first-order chi connectivity index (χ1) is 13.0. The number of carbonyl (C=O) groups is 1. The molecule has 2 heterocycles. The molecule has 27 heavy (non-hydrogen) atoms. The van der Waals surface area contributed by atoms with Gasteiger partial charge in [-0.3, -0.25) is 9.20 Å². The number of carbonyl (C=O) groups excluding carboxylic acids is 1. The lowest BCUT2D eigenvalue weighted by Crippen LogP contribution is -2.27. The molecule has 7 heteroatoms. The Morgan fingerprint density at radius 3 is 2.74 bits per heavy atom. The zero-order valence-electron chi connectivity index (χ0n) is 14.7. The molecule has 6 nitrogen and oxygen atoms in total. The van der Waals surface area contributed by atoms with Crippen LogP contribution in [-0.4, -0.2) is 26.8 Å². The van der Waals surface area contributed by atoms with Crippen LogP contribution in [0.5, 0.6) is 0 Å². The lowest BCUT2D eigenvalue weighted by atomic mass is 10.0. The Kier molecular flexibility index (Phi) is 4.19. The van der Waals surface area contributed by atoms with Crippen molar-refractivity contribution < 1.29 is 9.18 Å². The number of benzene rings is 2. The number of hydrogen-bond acceptors (Lipinski definition) is 4. The molecule has 0 saturated carbocycles. The number of nitrogen functional groups attached to an aromatic ring is 1. The van der Waals surface area contributed by atoms with E-state index in [2.05, 4.69) is 15.3 Å². The second-order valence-electron chi connectivity index (χ2n) is 6.45. The second kappa shape index (κ2) is 6.68. The number of aromatic nitrogens is 3. The number of imidazole rings is 1. The largest absolute Gasteiger partial charge is 0.369 e. The highest BCUT2D eigenvalue weighted by Gasteiger charge is 2.17. The monoisotopic (exact) mass is 363 g/mol. The quantitative estimate of drug-likeness (QED) is 0.583. The minimum atomic E-state index is -0.479. The number of halogens is 1. The summed E-state index contributed by atoms with van der Waals surface area (Å²) in [6.45, 7) is 2.51. The minimum Gasteiger partial charge on any atom is -0.369 e. The summed E-state index contributed by atoms with van der Waals surface area (Å²) in [6.07, 6.45) is 1.52. The minimum absolute atomic E-state index is 0.0757. The van der Waals surface area contributed by atoms with Gasteiger partial charge in [-0.05, 0) is 23.6 Å². The van der Waals surface area contributed by atoms with Crippen molar-refractivity contribution in [3.63, 3.8) is 0 Å². The molecule has 0 saturated heterocycles. The van der Waals surface area contributed by atoms with Crippen molar-refractivity contribution in [2.24, 2.45) is 0 Å². The Morgan fingerprint density at radius 1 is 1.19 bits per heavy atom. The normalized spacial score (nSPS) is 12.4. The van der Waals surface area contributed by atoms with Gasteiger partial charge in [0.1, 0.15) is 22.7 Å². The van der Waals surface area contributed by atoms with E-state index in [1.165, 1.54) is 16.7 Å². The van der Waals surface area contributed by atoms with Gasteiger partial charge in [0, 0.05) is 18.1 Å². The molecule has 0 spiro atoms. The molecule has 0 bridgehead atoms.